The maximum atomic E-state index is 12.3. The van der Waals surface area contributed by atoms with Gasteiger partial charge in [-0.15, -0.1) is 0 Å². The fourth-order valence-electron chi connectivity index (χ4n) is 3.40. The Hall–Kier alpha value is -2.58. The number of carboxylic acid groups (broad SMARTS) is 1. The minimum atomic E-state index is -4.14. The minimum absolute atomic E-state index is 0.106. The van der Waals surface area contributed by atoms with Crippen molar-refractivity contribution in [2.45, 2.75) is 18.2 Å². The van der Waals surface area contributed by atoms with Crippen LogP contribution in [0.5, 0.6) is 5.75 Å². The SMILES string of the molecule is COc1ccc(-c2c(N3CCC(C)C3)cc(C(=O)O)cc2S(N)(=O)=O)cc1. The average Bonchev–Trinajstić information content (AvgIpc) is 3.06. The van der Waals surface area contributed by atoms with E-state index < -0.39 is 16.0 Å². The lowest BCUT2D eigenvalue weighted by Crippen LogP contribution is -2.23. The van der Waals surface area contributed by atoms with Gasteiger partial charge >= 0.3 is 5.97 Å². The standard InChI is InChI=1S/C19H22N2O5S/c1-12-7-8-21(11-12)16-9-14(19(22)23)10-17(27(20,24)25)18(16)13-3-5-15(26-2)6-4-13/h3-6,9-10,12H,7-8,11H2,1-2H3,(H,22,23)(H2,20,24,25). The molecular weight excluding hydrogens is 368 g/mol. The third-order valence-electron chi connectivity index (χ3n) is 4.78. The number of methoxy groups -OCH3 is 1. The monoisotopic (exact) mass is 390 g/mol. The third kappa shape index (κ3) is 3.91. The van der Waals surface area contributed by atoms with Gasteiger partial charge in [0.2, 0.25) is 10.0 Å². The van der Waals surface area contributed by atoms with Crippen molar-refractivity contribution in [2.24, 2.45) is 11.1 Å². The molecule has 1 unspecified atom stereocenters. The number of hydrogen-bond acceptors (Lipinski definition) is 5. The molecule has 0 spiro atoms. The number of sulfonamides is 1. The zero-order valence-corrected chi connectivity index (χ0v) is 16.0. The van der Waals surface area contributed by atoms with Gasteiger partial charge in [0.1, 0.15) is 5.75 Å². The summed E-state index contributed by atoms with van der Waals surface area (Å²) in [5.41, 5.74) is 1.50. The molecule has 8 heteroatoms. The number of anilines is 1. The Bertz CT molecular complexity index is 970. The number of nitrogens with zero attached hydrogens (tertiary/aromatic N) is 1. The van der Waals surface area contributed by atoms with E-state index in [1.54, 1.807) is 31.4 Å². The van der Waals surface area contributed by atoms with Crippen LogP contribution in [-0.2, 0) is 10.0 Å². The molecule has 144 valence electrons. The Morgan fingerprint density at radius 3 is 2.41 bits per heavy atom. The highest BCUT2D eigenvalue weighted by Gasteiger charge is 2.28. The van der Waals surface area contributed by atoms with E-state index in [9.17, 15) is 18.3 Å². The van der Waals surface area contributed by atoms with Crippen molar-refractivity contribution in [1.29, 1.82) is 0 Å². The van der Waals surface area contributed by atoms with E-state index in [1.165, 1.54) is 6.07 Å². The highest BCUT2D eigenvalue weighted by atomic mass is 32.2. The predicted octanol–water partition coefficient (Wildman–Crippen LogP) is 2.55. The molecule has 7 nitrogen and oxygen atoms in total. The van der Waals surface area contributed by atoms with Gasteiger partial charge in [0.15, 0.2) is 0 Å². The number of rotatable bonds is 5. The molecule has 1 aliphatic heterocycles. The molecule has 3 rings (SSSR count). The first kappa shape index (κ1) is 19.2. The van der Waals surface area contributed by atoms with Crippen molar-refractivity contribution in [3.05, 3.63) is 42.0 Å². The zero-order valence-electron chi connectivity index (χ0n) is 15.2. The topological polar surface area (TPSA) is 110 Å². The van der Waals surface area contributed by atoms with Crippen molar-refractivity contribution >= 4 is 21.7 Å². The number of benzene rings is 2. The number of primary sulfonamides is 1. The fraction of sp³-hybridized carbons (Fsp3) is 0.316. The Labute approximate surface area is 158 Å². The largest absolute Gasteiger partial charge is 0.497 e. The van der Waals surface area contributed by atoms with E-state index in [1.807, 2.05) is 4.90 Å². The van der Waals surface area contributed by atoms with Crippen LogP contribution in [0.1, 0.15) is 23.7 Å². The Kier molecular flexibility index (Phi) is 5.12. The second kappa shape index (κ2) is 7.21. The van der Waals surface area contributed by atoms with Crippen LogP contribution in [0.4, 0.5) is 5.69 Å². The van der Waals surface area contributed by atoms with E-state index >= 15 is 0 Å². The van der Waals surface area contributed by atoms with Crippen LogP contribution < -0.4 is 14.8 Å². The molecule has 0 saturated carbocycles. The number of carboxylic acids is 1. The van der Waals surface area contributed by atoms with Crippen molar-refractivity contribution in [3.8, 4) is 16.9 Å². The number of ether oxygens (including phenoxy) is 1. The van der Waals surface area contributed by atoms with Gasteiger partial charge in [-0.25, -0.2) is 18.4 Å². The lowest BCUT2D eigenvalue weighted by Gasteiger charge is -2.24. The number of nitrogens with two attached hydrogens (primary N) is 1. The first-order chi connectivity index (χ1) is 12.7. The summed E-state index contributed by atoms with van der Waals surface area (Å²) in [6.45, 7) is 3.54. The van der Waals surface area contributed by atoms with Crippen LogP contribution in [0.3, 0.4) is 0 Å². The van der Waals surface area contributed by atoms with Crippen LogP contribution in [0.2, 0.25) is 0 Å². The van der Waals surface area contributed by atoms with Gasteiger partial charge < -0.3 is 14.7 Å². The van der Waals surface area contributed by atoms with Crippen LogP contribution >= 0.6 is 0 Å². The Morgan fingerprint density at radius 1 is 1.26 bits per heavy atom. The van der Waals surface area contributed by atoms with Gasteiger partial charge in [0.25, 0.3) is 0 Å². The second-order valence-corrected chi connectivity index (χ2v) is 8.32. The minimum Gasteiger partial charge on any atom is -0.497 e. The summed E-state index contributed by atoms with van der Waals surface area (Å²) >= 11 is 0. The van der Waals surface area contributed by atoms with Gasteiger partial charge in [-0.2, -0.15) is 0 Å². The van der Waals surface area contributed by atoms with Crippen LogP contribution in [0.15, 0.2) is 41.3 Å². The summed E-state index contributed by atoms with van der Waals surface area (Å²) in [6, 6.07) is 9.58. The maximum Gasteiger partial charge on any atom is 0.335 e. The summed E-state index contributed by atoms with van der Waals surface area (Å²) < 4.78 is 29.8. The normalized spacial score (nSPS) is 17.1. The zero-order chi connectivity index (χ0) is 19.8. The molecule has 1 fully saturated rings. The molecule has 0 bridgehead atoms. The van der Waals surface area contributed by atoms with E-state index in [2.05, 4.69) is 6.92 Å². The fourth-order valence-corrected chi connectivity index (χ4v) is 4.20. The summed E-state index contributed by atoms with van der Waals surface area (Å²) in [6.07, 6.45) is 0.948. The molecule has 0 aromatic heterocycles. The first-order valence-electron chi connectivity index (χ1n) is 8.54. The van der Waals surface area contributed by atoms with Crippen molar-refractivity contribution in [2.75, 3.05) is 25.1 Å². The molecule has 1 saturated heterocycles. The highest BCUT2D eigenvalue weighted by Crippen LogP contribution is 2.40. The van der Waals surface area contributed by atoms with Crippen LogP contribution in [0, 0.1) is 5.92 Å². The van der Waals surface area contributed by atoms with Crippen molar-refractivity contribution in [3.63, 3.8) is 0 Å². The van der Waals surface area contributed by atoms with E-state index in [-0.39, 0.29) is 10.5 Å². The number of carbonyl (C=O) groups is 1. The molecule has 2 aromatic carbocycles. The summed E-state index contributed by atoms with van der Waals surface area (Å²) in [7, 11) is -2.60. The smallest absolute Gasteiger partial charge is 0.335 e. The molecule has 1 atom stereocenters. The van der Waals surface area contributed by atoms with Crippen LogP contribution in [0.25, 0.3) is 11.1 Å². The maximum absolute atomic E-state index is 12.3. The van der Waals surface area contributed by atoms with E-state index in [0.717, 1.165) is 25.6 Å². The molecule has 0 aliphatic carbocycles. The Morgan fingerprint density at radius 2 is 1.93 bits per heavy atom. The molecule has 3 N–H and O–H groups in total. The summed E-state index contributed by atoms with van der Waals surface area (Å²) in [5, 5.41) is 14.9. The quantitative estimate of drug-likeness (QED) is 0.812. The lowest BCUT2D eigenvalue weighted by molar-refractivity contribution is 0.0696. The molecule has 0 amide bonds. The average molecular weight is 390 g/mol. The molecule has 1 heterocycles. The number of hydrogen-bond donors (Lipinski definition) is 2. The van der Waals surface area contributed by atoms with Gasteiger partial charge in [0.05, 0.1) is 17.6 Å². The summed E-state index contributed by atoms with van der Waals surface area (Å²) in [5.74, 6) is -0.135. The van der Waals surface area contributed by atoms with Gasteiger partial charge in [-0.05, 0) is 42.2 Å². The van der Waals surface area contributed by atoms with Gasteiger partial charge in [-0.3, -0.25) is 0 Å². The second-order valence-electron chi connectivity index (χ2n) is 6.79. The third-order valence-corrected chi connectivity index (χ3v) is 5.71. The number of aromatic carboxylic acids is 1. The van der Waals surface area contributed by atoms with Crippen LogP contribution in [-0.4, -0.2) is 39.7 Å². The molecular formula is C19H22N2O5S. The first-order valence-corrected chi connectivity index (χ1v) is 10.1. The molecule has 2 aromatic rings. The Balaban J connectivity index is 2.30. The highest BCUT2D eigenvalue weighted by molar-refractivity contribution is 7.89. The van der Waals surface area contributed by atoms with E-state index in [0.29, 0.717) is 28.5 Å². The summed E-state index contributed by atoms with van der Waals surface area (Å²) in [4.78, 5) is 13.4. The molecule has 0 radical (unpaired) electrons. The lowest BCUT2D eigenvalue weighted by atomic mass is 10.00. The van der Waals surface area contributed by atoms with Gasteiger partial charge in [-0.1, -0.05) is 19.1 Å². The predicted molar refractivity (Wildman–Crippen MR) is 103 cm³/mol. The van der Waals surface area contributed by atoms with Crippen molar-refractivity contribution < 1.29 is 23.1 Å². The molecule has 27 heavy (non-hydrogen) atoms. The van der Waals surface area contributed by atoms with E-state index in [4.69, 9.17) is 9.88 Å². The van der Waals surface area contributed by atoms with Crippen molar-refractivity contribution in [1.82, 2.24) is 0 Å². The molecule has 1 aliphatic rings. The van der Waals surface area contributed by atoms with Gasteiger partial charge in [0, 0.05) is 24.3 Å².